The SMILES string of the molecule is CN1C(=O)N[C@H](c2ccc(Cl)cc2)C2=C1CN([C@@H](Cc1ccccc1)C(=O)NC1CCCCC1)C2=O. The van der Waals surface area contributed by atoms with Gasteiger partial charge in [0.1, 0.15) is 6.04 Å². The van der Waals surface area contributed by atoms with Gasteiger partial charge in [-0.2, -0.15) is 0 Å². The smallest absolute Gasteiger partial charge is 0.322 e. The molecule has 4 amide bonds. The Hall–Kier alpha value is -3.32. The third kappa shape index (κ3) is 4.85. The molecule has 0 bridgehead atoms. The number of likely N-dealkylation sites (N-methyl/N-ethyl adjacent to an activating group) is 1. The molecule has 188 valence electrons. The summed E-state index contributed by atoms with van der Waals surface area (Å²) in [6.45, 7) is 0.206. The largest absolute Gasteiger partial charge is 0.352 e. The Morgan fingerprint density at radius 1 is 1.06 bits per heavy atom. The lowest BCUT2D eigenvalue weighted by molar-refractivity contribution is -0.137. The first-order chi connectivity index (χ1) is 17.4. The van der Waals surface area contributed by atoms with Crippen LogP contribution in [0.25, 0.3) is 0 Å². The number of urea groups is 1. The lowest BCUT2D eigenvalue weighted by Crippen LogP contribution is -2.52. The number of nitrogens with zero attached hydrogens (tertiary/aromatic N) is 2. The number of carbonyl (C=O) groups is 3. The molecule has 1 aliphatic carbocycles. The Morgan fingerprint density at radius 2 is 1.75 bits per heavy atom. The minimum absolute atomic E-state index is 0.135. The average Bonchev–Trinajstić information content (AvgIpc) is 3.23. The van der Waals surface area contributed by atoms with Crippen LogP contribution in [0.1, 0.15) is 49.3 Å². The van der Waals surface area contributed by atoms with E-state index in [1.54, 1.807) is 24.1 Å². The minimum atomic E-state index is -0.679. The number of rotatable bonds is 6. The van der Waals surface area contributed by atoms with Gasteiger partial charge in [-0.1, -0.05) is 73.3 Å². The maximum absolute atomic E-state index is 14.0. The van der Waals surface area contributed by atoms with Crippen molar-refractivity contribution in [1.82, 2.24) is 20.4 Å². The molecular weight excluding hydrogens is 476 g/mol. The van der Waals surface area contributed by atoms with Crippen LogP contribution in [0, 0.1) is 0 Å². The standard InChI is InChI=1S/C28H31ClN4O3/c1-32-23-17-33(27(35)24(23)25(31-28(32)36)19-12-14-20(29)15-13-19)22(16-18-8-4-2-5-9-18)26(34)30-21-10-6-3-7-11-21/h2,4-5,8-9,12-15,21-22,25H,3,6-7,10-11,16-17H2,1H3,(H,30,34)(H,31,36)/t22-,25+/m0/s1. The highest BCUT2D eigenvalue weighted by Gasteiger charge is 2.46. The maximum atomic E-state index is 14.0. The molecule has 36 heavy (non-hydrogen) atoms. The van der Waals surface area contributed by atoms with Gasteiger partial charge in [0.05, 0.1) is 23.9 Å². The van der Waals surface area contributed by atoms with Crippen LogP contribution in [0.2, 0.25) is 5.02 Å². The highest BCUT2D eigenvalue weighted by Crippen LogP contribution is 2.37. The van der Waals surface area contributed by atoms with E-state index in [2.05, 4.69) is 10.6 Å². The van der Waals surface area contributed by atoms with E-state index in [9.17, 15) is 14.4 Å². The molecule has 0 radical (unpaired) electrons. The van der Waals surface area contributed by atoms with E-state index in [-0.39, 0.29) is 30.4 Å². The van der Waals surface area contributed by atoms with Gasteiger partial charge in [0.2, 0.25) is 5.91 Å². The van der Waals surface area contributed by atoms with Crippen molar-refractivity contribution in [3.8, 4) is 0 Å². The molecule has 0 unspecified atom stereocenters. The zero-order valence-electron chi connectivity index (χ0n) is 20.4. The molecule has 0 saturated heterocycles. The Balaban J connectivity index is 1.46. The predicted molar refractivity (Wildman–Crippen MR) is 138 cm³/mol. The van der Waals surface area contributed by atoms with E-state index in [1.807, 2.05) is 42.5 Å². The highest BCUT2D eigenvalue weighted by molar-refractivity contribution is 6.30. The van der Waals surface area contributed by atoms with E-state index in [0.29, 0.717) is 22.7 Å². The summed E-state index contributed by atoms with van der Waals surface area (Å²) in [5, 5.41) is 6.75. The lowest BCUT2D eigenvalue weighted by Gasteiger charge is -2.31. The number of hydrogen-bond donors (Lipinski definition) is 2. The quantitative estimate of drug-likeness (QED) is 0.616. The van der Waals surface area contributed by atoms with Crippen molar-refractivity contribution in [2.75, 3.05) is 13.6 Å². The fourth-order valence-electron chi connectivity index (χ4n) is 5.47. The van der Waals surface area contributed by atoms with Gasteiger partial charge in [0.15, 0.2) is 0 Å². The predicted octanol–water partition coefficient (Wildman–Crippen LogP) is 4.19. The van der Waals surface area contributed by atoms with Crippen LogP contribution < -0.4 is 10.6 Å². The van der Waals surface area contributed by atoms with Gasteiger partial charge in [-0.3, -0.25) is 14.5 Å². The Morgan fingerprint density at radius 3 is 2.44 bits per heavy atom. The number of carbonyl (C=O) groups excluding carboxylic acids is 3. The summed E-state index contributed by atoms with van der Waals surface area (Å²) in [5.74, 6) is -0.361. The van der Waals surface area contributed by atoms with Gasteiger partial charge < -0.3 is 15.5 Å². The van der Waals surface area contributed by atoms with Crippen LogP contribution in [-0.2, 0) is 16.0 Å². The van der Waals surface area contributed by atoms with Crippen LogP contribution in [0.3, 0.4) is 0 Å². The Bertz CT molecular complexity index is 1180. The van der Waals surface area contributed by atoms with Crippen LogP contribution >= 0.6 is 11.6 Å². The first kappa shape index (κ1) is 24.4. The lowest BCUT2D eigenvalue weighted by atomic mass is 9.94. The maximum Gasteiger partial charge on any atom is 0.322 e. The third-order valence-electron chi connectivity index (χ3n) is 7.49. The number of hydrogen-bond acceptors (Lipinski definition) is 3. The van der Waals surface area contributed by atoms with E-state index < -0.39 is 12.1 Å². The van der Waals surface area contributed by atoms with Crippen molar-refractivity contribution >= 4 is 29.4 Å². The van der Waals surface area contributed by atoms with Crippen molar-refractivity contribution in [1.29, 1.82) is 0 Å². The average molecular weight is 507 g/mol. The van der Waals surface area contributed by atoms with Crippen molar-refractivity contribution in [2.45, 2.75) is 56.7 Å². The van der Waals surface area contributed by atoms with Crippen molar-refractivity contribution in [2.24, 2.45) is 0 Å². The molecule has 2 atom stereocenters. The van der Waals surface area contributed by atoms with Gasteiger partial charge >= 0.3 is 6.03 Å². The molecule has 7 nitrogen and oxygen atoms in total. The summed E-state index contributed by atoms with van der Waals surface area (Å²) < 4.78 is 0. The highest BCUT2D eigenvalue weighted by atomic mass is 35.5. The van der Waals surface area contributed by atoms with Gasteiger partial charge in [0, 0.05) is 24.5 Å². The second-order valence-corrected chi connectivity index (χ2v) is 10.3. The molecule has 3 aliphatic rings. The number of nitrogens with one attached hydrogen (secondary N) is 2. The van der Waals surface area contributed by atoms with E-state index >= 15 is 0 Å². The molecule has 5 rings (SSSR count). The zero-order valence-corrected chi connectivity index (χ0v) is 21.1. The summed E-state index contributed by atoms with van der Waals surface area (Å²) in [6, 6.07) is 15.5. The molecule has 2 heterocycles. The molecule has 2 aromatic carbocycles. The molecule has 2 N–H and O–H groups in total. The summed E-state index contributed by atoms with van der Waals surface area (Å²) in [7, 11) is 1.66. The Kier molecular flexibility index (Phi) is 7.01. The van der Waals surface area contributed by atoms with Crippen LogP contribution in [0.5, 0.6) is 0 Å². The fourth-order valence-corrected chi connectivity index (χ4v) is 5.60. The Labute approximate surface area is 216 Å². The van der Waals surface area contributed by atoms with Gasteiger partial charge in [0.25, 0.3) is 5.91 Å². The van der Waals surface area contributed by atoms with Crippen LogP contribution in [-0.4, -0.2) is 53.3 Å². The summed E-state index contributed by atoms with van der Waals surface area (Å²) >= 11 is 6.07. The van der Waals surface area contributed by atoms with E-state index in [1.165, 1.54) is 11.3 Å². The molecule has 8 heteroatoms. The van der Waals surface area contributed by atoms with Gasteiger partial charge in [-0.15, -0.1) is 0 Å². The molecule has 1 fully saturated rings. The molecule has 0 aromatic heterocycles. The topological polar surface area (TPSA) is 81.8 Å². The summed E-state index contributed by atoms with van der Waals surface area (Å²) in [4.78, 5) is 43.5. The van der Waals surface area contributed by atoms with Gasteiger partial charge in [-0.05, 0) is 36.1 Å². The van der Waals surface area contributed by atoms with Crippen molar-refractivity contribution in [3.63, 3.8) is 0 Å². The number of benzene rings is 2. The number of halogens is 1. The molecule has 1 saturated carbocycles. The molecular formula is C28H31ClN4O3. The van der Waals surface area contributed by atoms with Crippen molar-refractivity contribution < 1.29 is 14.4 Å². The third-order valence-corrected chi connectivity index (χ3v) is 7.75. The van der Waals surface area contributed by atoms with Crippen LogP contribution in [0.4, 0.5) is 4.79 Å². The van der Waals surface area contributed by atoms with Crippen LogP contribution in [0.15, 0.2) is 65.9 Å². The minimum Gasteiger partial charge on any atom is -0.352 e. The normalized spacial score (nSPS) is 21.3. The number of amides is 4. The second kappa shape index (κ2) is 10.3. The zero-order chi connectivity index (χ0) is 25.2. The summed E-state index contributed by atoms with van der Waals surface area (Å²) in [5.41, 5.74) is 2.89. The van der Waals surface area contributed by atoms with E-state index in [0.717, 1.165) is 36.8 Å². The second-order valence-electron chi connectivity index (χ2n) is 9.84. The van der Waals surface area contributed by atoms with Gasteiger partial charge in [-0.25, -0.2) is 4.79 Å². The molecule has 2 aromatic rings. The first-order valence-electron chi connectivity index (χ1n) is 12.6. The monoisotopic (exact) mass is 506 g/mol. The summed E-state index contributed by atoms with van der Waals surface area (Å²) in [6.07, 6.45) is 5.74. The molecule has 0 spiro atoms. The first-order valence-corrected chi connectivity index (χ1v) is 13.0. The fraction of sp³-hybridized carbons (Fsp3) is 0.393. The molecule has 2 aliphatic heterocycles. The van der Waals surface area contributed by atoms with E-state index in [4.69, 9.17) is 11.6 Å². The van der Waals surface area contributed by atoms with Crippen molar-refractivity contribution in [3.05, 3.63) is 82.0 Å².